The Morgan fingerprint density at radius 2 is 1.33 bits per heavy atom. The predicted octanol–water partition coefficient (Wildman–Crippen LogP) is 1.92. The van der Waals surface area contributed by atoms with Crippen LogP contribution < -0.4 is 0 Å². The number of aliphatic hydroxyl groups is 1. The first-order chi connectivity index (χ1) is 3.89. The molecular weight excluding hydrogens is 132 g/mol. The van der Waals surface area contributed by atoms with Crippen LogP contribution in [0.15, 0.2) is 0 Å². The number of hydrogen-bond donors (Lipinski definition) is 2. The quantitative estimate of drug-likeness (QED) is 0.453. The molecule has 0 aromatic rings. The molecule has 0 saturated carbocycles. The van der Waals surface area contributed by atoms with E-state index in [-0.39, 0.29) is 11.8 Å². The Morgan fingerprint density at radius 1 is 1.11 bits per heavy atom. The van der Waals surface area contributed by atoms with Crippen LogP contribution in [0.4, 0.5) is 0 Å². The topological polar surface area (TPSA) is 20.2 Å². The molecule has 1 nitrogen and oxygen atoms in total. The lowest BCUT2D eigenvalue weighted by Crippen LogP contribution is -2.33. The highest BCUT2D eigenvalue weighted by Gasteiger charge is 2.29. The molecule has 0 heterocycles. The Morgan fingerprint density at radius 3 is 1.33 bits per heavy atom. The smallest absolute Gasteiger partial charge is 0.112 e. The van der Waals surface area contributed by atoms with Gasteiger partial charge in [-0.1, -0.05) is 27.7 Å². The van der Waals surface area contributed by atoms with Gasteiger partial charge < -0.3 is 5.11 Å². The molecule has 56 valence electrons. The Bertz CT molecular complexity index is 76.9. The fourth-order valence-corrected chi connectivity index (χ4v) is 0.667. The predicted molar refractivity (Wildman–Crippen MR) is 43.6 cm³/mol. The van der Waals surface area contributed by atoms with Crippen LogP contribution >= 0.6 is 12.6 Å². The van der Waals surface area contributed by atoms with E-state index < -0.39 is 4.93 Å². The number of thiol groups is 1. The monoisotopic (exact) mass is 148 g/mol. The van der Waals surface area contributed by atoms with E-state index in [9.17, 15) is 5.11 Å². The summed E-state index contributed by atoms with van der Waals surface area (Å²) in [6, 6.07) is 0. The van der Waals surface area contributed by atoms with E-state index in [0.717, 1.165) is 0 Å². The van der Waals surface area contributed by atoms with Crippen LogP contribution in [-0.4, -0.2) is 10.0 Å². The summed E-state index contributed by atoms with van der Waals surface area (Å²) in [5, 5.41) is 9.53. The van der Waals surface area contributed by atoms with Gasteiger partial charge in [-0.25, -0.2) is 0 Å². The van der Waals surface area contributed by atoms with Crippen molar-refractivity contribution in [2.24, 2.45) is 11.8 Å². The maximum absolute atomic E-state index is 9.53. The van der Waals surface area contributed by atoms with Crippen molar-refractivity contribution < 1.29 is 5.11 Å². The molecule has 9 heavy (non-hydrogen) atoms. The molecule has 0 saturated heterocycles. The van der Waals surface area contributed by atoms with Gasteiger partial charge in [-0.2, -0.15) is 0 Å². The van der Waals surface area contributed by atoms with Crippen LogP contribution in [-0.2, 0) is 0 Å². The second kappa shape index (κ2) is 2.93. The molecule has 2 heteroatoms. The fourth-order valence-electron chi connectivity index (χ4n) is 0.667. The summed E-state index contributed by atoms with van der Waals surface area (Å²) in [7, 11) is 0. The van der Waals surface area contributed by atoms with Crippen LogP contribution in [0.3, 0.4) is 0 Å². The van der Waals surface area contributed by atoms with Crippen molar-refractivity contribution in [3.63, 3.8) is 0 Å². The molecule has 0 aromatic heterocycles. The SMILES string of the molecule is CC(C)C(O)(S)C(C)C. The van der Waals surface area contributed by atoms with Gasteiger partial charge in [-0.3, -0.25) is 0 Å². The molecule has 0 atom stereocenters. The Kier molecular flexibility index (Phi) is 3.03. The van der Waals surface area contributed by atoms with E-state index in [0.29, 0.717) is 0 Å². The Balaban J connectivity index is 4.01. The molecule has 0 spiro atoms. The maximum atomic E-state index is 9.53. The molecular formula is C7H16OS. The first kappa shape index (κ1) is 9.31. The molecule has 1 N–H and O–H groups in total. The molecule has 0 fully saturated rings. The zero-order valence-corrected chi connectivity index (χ0v) is 7.44. The minimum Gasteiger partial charge on any atom is -0.379 e. The Hall–Kier alpha value is 0.310. The van der Waals surface area contributed by atoms with Crippen LogP contribution in [0.25, 0.3) is 0 Å². The number of rotatable bonds is 2. The summed E-state index contributed by atoms with van der Waals surface area (Å²) in [6.07, 6.45) is 0. The lowest BCUT2D eigenvalue weighted by Gasteiger charge is -2.30. The Labute approximate surface area is 62.9 Å². The lowest BCUT2D eigenvalue weighted by molar-refractivity contribution is 0.0457. The highest BCUT2D eigenvalue weighted by molar-refractivity contribution is 7.81. The van der Waals surface area contributed by atoms with E-state index in [4.69, 9.17) is 0 Å². The third-order valence-electron chi connectivity index (χ3n) is 1.70. The van der Waals surface area contributed by atoms with Crippen molar-refractivity contribution in [2.75, 3.05) is 0 Å². The van der Waals surface area contributed by atoms with E-state index in [1.54, 1.807) is 0 Å². The third-order valence-corrected chi connectivity index (χ3v) is 2.73. The van der Waals surface area contributed by atoms with E-state index in [1.165, 1.54) is 0 Å². The molecule has 0 rings (SSSR count). The highest BCUT2D eigenvalue weighted by Crippen LogP contribution is 2.29. The van der Waals surface area contributed by atoms with Crippen molar-refractivity contribution in [1.29, 1.82) is 0 Å². The first-order valence-electron chi connectivity index (χ1n) is 3.33. The maximum Gasteiger partial charge on any atom is 0.112 e. The summed E-state index contributed by atoms with van der Waals surface area (Å²) in [4.78, 5) is -0.806. The number of hydrogen-bond acceptors (Lipinski definition) is 2. The molecule has 0 aromatic carbocycles. The molecule has 0 bridgehead atoms. The largest absolute Gasteiger partial charge is 0.379 e. The highest BCUT2D eigenvalue weighted by atomic mass is 32.1. The summed E-state index contributed by atoms with van der Waals surface area (Å²) in [6.45, 7) is 7.86. The van der Waals surface area contributed by atoms with Gasteiger partial charge in [0.05, 0.1) is 0 Å². The van der Waals surface area contributed by atoms with Crippen LogP contribution in [0.5, 0.6) is 0 Å². The van der Waals surface area contributed by atoms with Crippen molar-refractivity contribution in [2.45, 2.75) is 32.6 Å². The van der Waals surface area contributed by atoms with Crippen molar-refractivity contribution in [3.8, 4) is 0 Å². The van der Waals surface area contributed by atoms with Crippen molar-refractivity contribution in [1.82, 2.24) is 0 Å². The van der Waals surface area contributed by atoms with Gasteiger partial charge in [0, 0.05) is 0 Å². The average Bonchev–Trinajstić information content (AvgIpc) is 1.65. The molecule has 0 aliphatic heterocycles. The first-order valence-corrected chi connectivity index (χ1v) is 3.78. The van der Waals surface area contributed by atoms with E-state index in [2.05, 4.69) is 12.6 Å². The molecule has 0 amide bonds. The van der Waals surface area contributed by atoms with Gasteiger partial charge in [-0.05, 0) is 11.8 Å². The second-order valence-corrected chi connectivity index (χ2v) is 3.81. The third kappa shape index (κ3) is 2.18. The lowest BCUT2D eigenvalue weighted by atomic mass is 9.96. The zero-order valence-electron chi connectivity index (χ0n) is 6.55. The van der Waals surface area contributed by atoms with Crippen molar-refractivity contribution >= 4 is 12.6 Å². The average molecular weight is 148 g/mol. The van der Waals surface area contributed by atoms with Gasteiger partial charge >= 0.3 is 0 Å². The molecule has 0 unspecified atom stereocenters. The molecule has 0 aliphatic carbocycles. The zero-order chi connectivity index (χ0) is 7.65. The summed E-state index contributed by atoms with van der Waals surface area (Å²) in [5.41, 5.74) is 0. The minimum atomic E-state index is -0.806. The van der Waals surface area contributed by atoms with Gasteiger partial charge in [-0.15, -0.1) is 12.6 Å². The van der Waals surface area contributed by atoms with Gasteiger partial charge in [0.2, 0.25) is 0 Å². The molecule has 0 radical (unpaired) electrons. The summed E-state index contributed by atoms with van der Waals surface area (Å²) < 4.78 is 0. The summed E-state index contributed by atoms with van der Waals surface area (Å²) >= 11 is 4.13. The van der Waals surface area contributed by atoms with Gasteiger partial charge in [0.15, 0.2) is 0 Å². The van der Waals surface area contributed by atoms with E-state index >= 15 is 0 Å². The van der Waals surface area contributed by atoms with Crippen molar-refractivity contribution in [3.05, 3.63) is 0 Å². The standard InChI is InChI=1S/C7H16OS/c1-5(2)7(8,9)6(3)4/h5-6,8-9H,1-4H3. The van der Waals surface area contributed by atoms with Gasteiger partial charge in [0.25, 0.3) is 0 Å². The fraction of sp³-hybridized carbons (Fsp3) is 1.00. The van der Waals surface area contributed by atoms with Gasteiger partial charge in [0.1, 0.15) is 4.93 Å². The van der Waals surface area contributed by atoms with Crippen LogP contribution in [0, 0.1) is 11.8 Å². The second-order valence-electron chi connectivity index (χ2n) is 3.09. The van der Waals surface area contributed by atoms with E-state index in [1.807, 2.05) is 27.7 Å². The summed E-state index contributed by atoms with van der Waals surface area (Å²) in [5.74, 6) is 0.418. The normalized spacial score (nSPS) is 13.3. The minimum absolute atomic E-state index is 0.209. The van der Waals surface area contributed by atoms with Crippen LogP contribution in [0.1, 0.15) is 27.7 Å². The van der Waals surface area contributed by atoms with Crippen LogP contribution in [0.2, 0.25) is 0 Å². The molecule has 0 aliphatic rings.